The van der Waals surface area contributed by atoms with Crippen LogP contribution in [0.4, 0.5) is 9.18 Å². The van der Waals surface area contributed by atoms with E-state index in [9.17, 15) is 18.8 Å². The van der Waals surface area contributed by atoms with Gasteiger partial charge in [-0.3, -0.25) is 19.2 Å². The lowest BCUT2D eigenvalue weighted by Crippen LogP contribution is -2.36. The average molecular weight is 437 g/mol. The molecule has 0 spiro atoms. The first-order valence-electron chi connectivity index (χ1n) is 8.26. The summed E-state index contributed by atoms with van der Waals surface area (Å²) in [5.41, 5.74) is 2.42. The number of urea groups is 1. The Morgan fingerprint density at radius 2 is 2.04 bits per heavy atom. The minimum atomic E-state index is -1.15. The Balaban J connectivity index is 1.76. The highest BCUT2D eigenvalue weighted by Gasteiger charge is 2.41. The fourth-order valence-corrected chi connectivity index (χ4v) is 3.50. The van der Waals surface area contributed by atoms with Gasteiger partial charge >= 0.3 is 6.03 Å². The monoisotopic (exact) mass is 436 g/mol. The number of halogens is 2. The summed E-state index contributed by atoms with van der Waals surface area (Å²) in [6.45, 7) is 3.28. The van der Waals surface area contributed by atoms with Crippen molar-refractivity contribution >= 4 is 33.7 Å². The first kappa shape index (κ1) is 19.2. The number of hydrogen-bond donors (Lipinski definition) is 1. The number of aromatic nitrogens is 2. The number of benzene rings is 1. The summed E-state index contributed by atoms with van der Waals surface area (Å²) in [4.78, 5) is 38.1. The lowest BCUT2D eigenvalue weighted by molar-refractivity contribution is -0.131. The topological polar surface area (TPSA) is 84.3 Å². The van der Waals surface area contributed by atoms with Crippen LogP contribution in [-0.2, 0) is 23.1 Å². The number of nitrogens with one attached hydrogen (secondary N) is 1. The van der Waals surface area contributed by atoms with Gasteiger partial charge in [-0.25, -0.2) is 9.18 Å². The van der Waals surface area contributed by atoms with E-state index in [0.29, 0.717) is 4.47 Å². The molecular weight excluding hydrogens is 419 g/mol. The van der Waals surface area contributed by atoms with Crippen molar-refractivity contribution in [1.29, 1.82) is 0 Å². The zero-order chi connectivity index (χ0) is 19.9. The van der Waals surface area contributed by atoms with Crippen LogP contribution in [0, 0.1) is 19.7 Å². The summed E-state index contributed by atoms with van der Waals surface area (Å²) in [5.74, 6) is -1.55. The number of hydrogen-bond acceptors (Lipinski definition) is 4. The molecule has 7 nitrogen and oxygen atoms in total. The van der Waals surface area contributed by atoms with Crippen molar-refractivity contribution in [2.45, 2.75) is 26.3 Å². The van der Waals surface area contributed by atoms with Crippen LogP contribution >= 0.6 is 15.9 Å². The van der Waals surface area contributed by atoms with E-state index in [1.807, 2.05) is 6.92 Å². The lowest BCUT2D eigenvalue weighted by atomic mass is 10.1. The maximum Gasteiger partial charge on any atom is 0.325 e. The second-order valence-electron chi connectivity index (χ2n) is 6.46. The molecule has 2 heterocycles. The normalized spacial score (nSPS) is 16.8. The average Bonchev–Trinajstić information content (AvgIpc) is 3.01. The van der Waals surface area contributed by atoms with E-state index in [1.54, 1.807) is 18.7 Å². The van der Waals surface area contributed by atoms with E-state index in [1.165, 1.54) is 18.2 Å². The molecule has 2 aromatic rings. The van der Waals surface area contributed by atoms with Crippen molar-refractivity contribution in [2.75, 3.05) is 6.54 Å². The summed E-state index contributed by atoms with van der Waals surface area (Å²) in [5, 5.41) is 6.70. The predicted molar refractivity (Wildman–Crippen MR) is 98.5 cm³/mol. The zero-order valence-electron chi connectivity index (χ0n) is 15.0. The predicted octanol–water partition coefficient (Wildman–Crippen LogP) is 2.34. The Kier molecular flexibility index (Phi) is 5.14. The summed E-state index contributed by atoms with van der Waals surface area (Å²) in [6.07, 6.45) is 0.0679. The Hall–Kier alpha value is -2.55. The van der Waals surface area contributed by atoms with Crippen LogP contribution in [-0.4, -0.2) is 38.9 Å². The van der Waals surface area contributed by atoms with E-state index in [0.717, 1.165) is 21.9 Å². The van der Waals surface area contributed by atoms with Gasteiger partial charge in [-0.2, -0.15) is 5.10 Å². The minimum absolute atomic E-state index is 0.0524. The van der Waals surface area contributed by atoms with Crippen LogP contribution in [0.25, 0.3) is 0 Å². The summed E-state index contributed by atoms with van der Waals surface area (Å²) >= 11 is 3.22. The molecule has 1 aliphatic rings. The molecule has 9 heteroatoms. The molecule has 0 saturated carbocycles. The summed E-state index contributed by atoms with van der Waals surface area (Å²) in [6, 6.07) is 2.29. The number of rotatable bonds is 5. The van der Waals surface area contributed by atoms with Gasteiger partial charge in [-0.1, -0.05) is 15.9 Å². The molecule has 1 aliphatic heterocycles. The van der Waals surface area contributed by atoms with Gasteiger partial charge in [0.15, 0.2) is 5.78 Å². The molecule has 27 heavy (non-hydrogen) atoms. The van der Waals surface area contributed by atoms with Gasteiger partial charge in [0.25, 0.3) is 5.91 Å². The van der Waals surface area contributed by atoms with Crippen molar-refractivity contribution in [1.82, 2.24) is 20.0 Å². The second-order valence-corrected chi connectivity index (χ2v) is 7.38. The van der Waals surface area contributed by atoms with Crippen LogP contribution in [0.1, 0.15) is 28.6 Å². The molecule has 0 unspecified atom stereocenters. The molecule has 1 aromatic heterocycles. The number of carbonyl (C=O) groups is 3. The second kappa shape index (κ2) is 7.22. The number of Topliss-reactive ketones (excluding diaryl/α,β-unsaturated/α-hetero) is 1. The maximum absolute atomic E-state index is 14.1. The Labute approximate surface area is 163 Å². The smallest absolute Gasteiger partial charge is 0.322 e. The Morgan fingerprint density at radius 1 is 1.33 bits per heavy atom. The largest absolute Gasteiger partial charge is 0.325 e. The molecule has 0 radical (unpaired) electrons. The molecular formula is C18H18BrFN4O3. The van der Waals surface area contributed by atoms with E-state index >= 15 is 0 Å². The highest BCUT2D eigenvalue weighted by Crippen LogP contribution is 2.27. The molecule has 0 aliphatic carbocycles. The number of imide groups is 1. The van der Waals surface area contributed by atoms with Crippen molar-refractivity contribution in [2.24, 2.45) is 7.05 Å². The van der Waals surface area contributed by atoms with Crippen molar-refractivity contribution in [3.63, 3.8) is 0 Å². The number of aryl methyl sites for hydroxylation is 2. The lowest BCUT2D eigenvalue weighted by Gasteiger charge is -2.13. The van der Waals surface area contributed by atoms with E-state index in [4.69, 9.17) is 0 Å². The van der Waals surface area contributed by atoms with Gasteiger partial charge in [0.05, 0.1) is 12.2 Å². The minimum Gasteiger partial charge on any atom is -0.322 e. The van der Waals surface area contributed by atoms with Gasteiger partial charge in [-0.05, 0) is 32.0 Å². The number of ketones is 1. The van der Waals surface area contributed by atoms with Crippen LogP contribution < -0.4 is 5.32 Å². The van der Waals surface area contributed by atoms with Gasteiger partial charge in [0.2, 0.25) is 0 Å². The fourth-order valence-electron chi connectivity index (χ4n) is 3.12. The maximum atomic E-state index is 14.1. The van der Waals surface area contributed by atoms with Gasteiger partial charge in [0.1, 0.15) is 11.9 Å². The molecule has 3 amide bonds. The van der Waals surface area contributed by atoms with Gasteiger partial charge in [-0.15, -0.1) is 0 Å². The first-order chi connectivity index (χ1) is 12.7. The molecule has 1 atom stereocenters. The van der Waals surface area contributed by atoms with Gasteiger partial charge in [0, 0.05) is 34.8 Å². The molecule has 1 aromatic carbocycles. The highest BCUT2D eigenvalue weighted by molar-refractivity contribution is 9.10. The van der Waals surface area contributed by atoms with E-state index in [2.05, 4.69) is 26.3 Å². The quantitative estimate of drug-likeness (QED) is 0.728. The van der Waals surface area contributed by atoms with Crippen molar-refractivity contribution in [3.8, 4) is 0 Å². The Bertz CT molecular complexity index is 956. The summed E-state index contributed by atoms with van der Waals surface area (Å²) < 4.78 is 16.3. The van der Waals surface area contributed by atoms with Crippen LogP contribution in [0.3, 0.4) is 0 Å². The summed E-state index contributed by atoms with van der Waals surface area (Å²) in [7, 11) is 1.78. The number of amides is 3. The molecule has 142 valence electrons. The SMILES string of the molecule is Cc1nn(C)c(C)c1CC(=O)CN1C(=O)N[C@@H](c2cc(Br)ccc2F)C1=O. The van der Waals surface area contributed by atoms with Crippen LogP contribution in [0.2, 0.25) is 0 Å². The first-order valence-corrected chi connectivity index (χ1v) is 9.06. The molecule has 1 saturated heterocycles. The molecule has 1 fully saturated rings. The van der Waals surface area contributed by atoms with Crippen LogP contribution in [0.15, 0.2) is 22.7 Å². The Morgan fingerprint density at radius 3 is 2.67 bits per heavy atom. The number of carbonyl (C=O) groups excluding carboxylic acids is 3. The third-order valence-electron chi connectivity index (χ3n) is 4.66. The zero-order valence-corrected chi connectivity index (χ0v) is 16.6. The third kappa shape index (κ3) is 3.64. The molecule has 3 rings (SSSR count). The van der Waals surface area contributed by atoms with E-state index in [-0.39, 0.29) is 24.3 Å². The standard InChI is InChI=1S/C18H18BrFN4O3/c1-9-13(10(2)23(3)22-9)7-12(25)8-24-17(26)16(21-18(24)27)14-6-11(19)4-5-15(14)20/h4-6,16H,7-8H2,1-3H3,(H,21,27)/t16-/m0/s1. The van der Waals surface area contributed by atoms with Gasteiger partial charge < -0.3 is 5.32 Å². The molecule has 1 N–H and O–H groups in total. The van der Waals surface area contributed by atoms with E-state index < -0.39 is 23.8 Å². The number of nitrogens with zero attached hydrogens (tertiary/aromatic N) is 3. The fraction of sp³-hybridized carbons (Fsp3) is 0.333. The highest BCUT2D eigenvalue weighted by atomic mass is 79.9. The third-order valence-corrected chi connectivity index (χ3v) is 5.16. The van der Waals surface area contributed by atoms with Crippen LogP contribution in [0.5, 0.6) is 0 Å². The van der Waals surface area contributed by atoms with Crippen molar-refractivity contribution in [3.05, 3.63) is 51.0 Å². The molecule has 0 bridgehead atoms. The van der Waals surface area contributed by atoms with Crippen molar-refractivity contribution < 1.29 is 18.8 Å².